The molecule has 3 rings (SSSR count). The van der Waals surface area contributed by atoms with Gasteiger partial charge < -0.3 is 24.1 Å². The summed E-state index contributed by atoms with van der Waals surface area (Å²) in [5.41, 5.74) is 0. The molecule has 38 heavy (non-hydrogen) atoms. The van der Waals surface area contributed by atoms with Gasteiger partial charge >= 0.3 is 5.97 Å². The van der Waals surface area contributed by atoms with E-state index >= 15 is 0 Å². The predicted octanol–water partition coefficient (Wildman–Crippen LogP) is 6.82. The molecule has 2 aliphatic rings. The predicted molar refractivity (Wildman–Crippen MR) is 146 cm³/mol. The lowest BCUT2D eigenvalue weighted by molar-refractivity contribution is -0.196. The highest BCUT2D eigenvalue weighted by atomic mass is 35.5. The molecule has 1 N–H and O–H groups in total. The summed E-state index contributed by atoms with van der Waals surface area (Å²) in [5.74, 6) is 0.398. The van der Waals surface area contributed by atoms with Gasteiger partial charge in [-0.3, -0.25) is 4.79 Å². The highest BCUT2D eigenvalue weighted by Gasteiger charge is 2.43. The number of carbonyl (C=O) groups is 1. The second-order valence-electron chi connectivity index (χ2n) is 10.4. The molecular weight excluding hydrogens is 511 g/mol. The molecular formula is C30H44ClFO6. The zero-order valence-electron chi connectivity index (χ0n) is 22.6. The van der Waals surface area contributed by atoms with Crippen LogP contribution in [-0.4, -0.2) is 55.6 Å². The fourth-order valence-corrected chi connectivity index (χ4v) is 5.45. The molecule has 1 aliphatic carbocycles. The van der Waals surface area contributed by atoms with Crippen LogP contribution in [0.1, 0.15) is 77.6 Å². The number of esters is 1. The Morgan fingerprint density at radius 1 is 1.29 bits per heavy atom. The van der Waals surface area contributed by atoms with E-state index in [-0.39, 0.29) is 36.8 Å². The van der Waals surface area contributed by atoms with Crippen molar-refractivity contribution in [1.82, 2.24) is 0 Å². The smallest absolute Gasteiger partial charge is 0.305 e. The molecule has 0 spiro atoms. The molecule has 1 aromatic rings. The van der Waals surface area contributed by atoms with Gasteiger partial charge in [-0.25, -0.2) is 4.39 Å². The second-order valence-corrected chi connectivity index (χ2v) is 10.8. The van der Waals surface area contributed by atoms with Crippen LogP contribution < -0.4 is 4.74 Å². The summed E-state index contributed by atoms with van der Waals surface area (Å²) >= 11 is 5.99. The molecule has 1 aliphatic heterocycles. The normalized spacial score (nSPS) is 26.5. The number of unbranched alkanes of at least 4 members (excludes halogenated alkanes) is 1. The van der Waals surface area contributed by atoms with E-state index in [2.05, 4.69) is 12.2 Å². The molecule has 1 saturated carbocycles. The number of allylic oxidation sites excluding steroid dienone is 2. The number of hydrogen-bond acceptors (Lipinski definition) is 6. The quantitative estimate of drug-likeness (QED) is 0.137. The number of halogens is 2. The Morgan fingerprint density at radius 2 is 2.16 bits per heavy atom. The van der Waals surface area contributed by atoms with Crippen LogP contribution in [0.3, 0.4) is 0 Å². The van der Waals surface area contributed by atoms with Gasteiger partial charge in [0.2, 0.25) is 0 Å². The zero-order chi connectivity index (χ0) is 27.2. The van der Waals surface area contributed by atoms with Gasteiger partial charge in [-0.15, -0.1) is 0 Å². The molecule has 1 aromatic carbocycles. The van der Waals surface area contributed by atoms with Gasteiger partial charge in [0.15, 0.2) is 6.29 Å². The summed E-state index contributed by atoms with van der Waals surface area (Å²) in [4.78, 5) is 11.6. The third kappa shape index (κ3) is 10.8. The Balaban J connectivity index is 1.50. The summed E-state index contributed by atoms with van der Waals surface area (Å²) in [5, 5.41) is 11.5. The van der Waals surface area contributed by atoms with Crippen LogP contribution >= 0.6 is 11.6 Å². The summed E-state index contributed by atoms with van der Waals surface area (Å²) in [6.07, 6.45) is 9.90. The van der Waals surface area contributed by atoms with E-state index in [1.54, 1.807) is 24.3 Å². The number of ether oxygens (including phenoxy) is 4. The molecule has 0 radical (unpaired) electrons. The molecule has 8 heteroatoms. The number of hydrogen-bond donors (Lipinski definition) is 1. The molecule has 1 heterocycles. The van der Waals surface area contributed by atoms with E-state index < -0.39 is 12.3 Å². The van der Waals surface area contributed by atoms with Crippen molar-refractivity contribution in [1.29, 1.82) is 0 Å². The fraction of sp³-hybridized carbons (Fsp3) is 0.700. The van der Waals surface area contributed by atoms with Gasteiger partial charge in [0.25, 0.3) is 0 Å². The molecule has 0 bridgehead atoms. The minimum absolute atomic E-state index is 0.0181. The number of aliphatic hydroxyl groups excluding tert-OH is 1. The van der Waals surface area contributed by atoms with Crippen LogP contribution in [0.15, 0.2) is 36.4 Å². The average Bonchev–Trinajstić information content (AvgIpc) is 3.20. The van der Waals surface area contributed by atoms with Crippen LogP contribution in [0.5, 0.6) is 5.75 Å². The van der Waals surface area contributed by atoms with E-state index in [9.17, 15) is 14.3 Å². The number of rotatable bonds is 16. The molecule has 6 atom stereocenters. The molecule has 0 amide bonds. The Bertz CT molecular complexity index is 846. The van der Waals surface area contributed by atoms with Crippen molar-refractivity contribution in [2.45, 2.75) is 102 Å². The third-order valence-corrected chi connectivity index (χ3v) is 7.53. The minimum atomic E-state index is -1.14. The van der Waals surface area contributed by atoms with Crippen molar-refractivity contribution in [2.75, 3.05) is 19.8 Å². The SMILES string of the molecule is CCCOC(=O)CCCC=CC[C@@H]1[C@@H](CC[C@@H](F)COc2cccc(Cl)c2)[C@H](OC2CCCCO2)C[C@@H]1O. The largest absolute Gasteiger partial charge is 0.491 e. The van der Waals surface area contributed by atoms with Crippen molar-refractivity contribution in [2.24, 2.45) is 11.8 Å². The van der Waals surface area contributed by atoms with E-state index in [1.807, 2.05) is 6.92 Å². The van der Waals surface area contributed by atoms with Gasteiger partial charge in [0.1, 0.15) is 18.5 Å². The van der Waals surface area contributed by atoms with E-state index in [4.69, 9.17) is 30.5 Å². The lowest BCUT2D eigenvalue weighted by Gasteiger charge is -2.30. The Hall–Kier alpha value is -1.67. The maximum Gasteiger partial charge on any atom is 0.305 e. The second kappa shape index (κ2) is 17.1. The first-order valence-electron chi connectivity index (χ1n) is 14.2. The van der Waals surface area contributed by atoms with E-state index in [0.717, 1.165) is 38.5 Å². The van der Waals surface area contributed by atoms with Gasteiger partial charge in [0.05, 0.1) is 18.8 Å². The molecule has 6 nitrogen and oxygen atoms in total. The summed E-state index contributed by atoms with van der Waals surface area (Å²) in [6.45, 7) is 3.09. The zero-order valence-corrected chi connectivity index (χ0v) is 23.3. The summed E-state index contributed by atoms with van der Waals surface area (Å²) < 4.78 is 37.7. The summed E-state index contributed by atoms with van der Waals surface area (Å²) in [7, 11) is 0. The number of alkyl halides is 1. The molecule has 0 aromatic heterocycles. The molecule has 1 saturated heterocycles. The van der Waals surface area contributed by atoms with Gasteiger partial charge in [-0.1, -0.05) is 36.7 Å². The van der Waals surface area contributed by atoms with Crippen molar-refractivity contribution >= 4 is 17.6 Å². The van der Waals surface area contributed by atoms with E-state index in [1.165, 1.54) is 0 Å². The van der Waals surface area contributed by atoms with Gasteiger partial charge in [-0.2, -0.15) is 0 Å². The standard InChI is InChI=1S/C30H44ClFO6/c1-2-17-35-29(34)13-6-4-3-5-12-25-26(28(20-27(25)33)38-30-14-7-8-18-36-30)16-15-23(32)21-37-24-11-9-10-22(31)19-24/h3,5,9-11,19,23,25-28,30,33H,2,4,6-8,12-18,20-21H2,1H3/t23-,25-,26-,27+,28-,30?/m1/s1. The topological polar surface area (TPSA) is 74.2 Å². The van der Waals surface area contributed by atoms with Crippen LogP contribution in [-0.2, 0) is 19.0 Å². The maximum absolute atomic E-state index is 14.8. The highest BCUT2D eigenvalue weighted by molar-refractivity contribution is 6.30. The van der Waals surface area contributed by atoms with Crippen molar-refractivity contribution in [3.8, 4) is 5.75 Å². The fourth-order valence-electron chi connectivity index (χ4n) is 5.27. The first kappa shape index (κ1) is 30.9. The van der Waals surface area contributed by atoms with Crippen LogP contribution in [0.4, 0.5) is 4.39 Å². The third-order valence-electron chi connectivity index (χ3n) is 7.29. The summed E-state index contributed by atoms with van der Waals surface area (Å²) in [6, 6.07) is 6.96. The Labute approximate surface area is 231 Å². The first-order valence-corrected chi connectivity index (χ1v) is 14.6. The monoisotopic (exact) mass is 554 g/mol. The Morgan fingerprint density at radius 3 is 2.92 bits per heavy atom. The number of carbonyl (C=O) groups excluding carboxylic acids is 1. The number of aliphatic hydroxyl groups is 1. The lowest BCUT2D eigenvalue weighted by Crippen LogP contribution is -2.32. The van der Waals surface area contributed by atoms with E-state index in [0.29, 0.717) is 56.1 Å². The van der Waals surface area contributed by atoms with Crippen LogP contribution in [0.2, 0.25) is 5.02 Å². The van der Waals surface area contributed by atoms with Crippen LogP contribution in [0, 0.1) is 11.8 Å². The molecule has 2 fully saturated rings. The lowest BCUT2D eigenvalue weighted by atomic mass is 9.86. The van der Waals surface area contributed by atoms with Crippen molar-refractivity contribution < 1.29 is 33.2 Å². The number of benzene rings is 1. The highest BCUT2D eigenvalue weighted by Crippen LogP contribution is 2.41. The van der Waals surface area contributed by atoms with Crippen LogP contribution in [0.25, 0.3) is 0 Å². The van der Waals surface area contributed by atoms with Gasteiger partial charge in [-0.05, 0) is 87.8 Å². The molecule has 214 valence electrons. The maximum atomic E-state index is 14.8. The molecule has 1 unspecified atom stereocenters. The van der Waals surface area contributed by atoms with Gasteiger partial charge in [0, 0.05) is 24.5 Å². The average molecular weight is 555 g/mol. The van der Waals surface area contributed by atoms with Crippen molar-refractivity contribution in [3.63, 3.8) is 0 Å². The van der Waals surface area contributed by atoms with Crippen molar-refractivity contribution in [3.05, 3.63) is 41.4 Å². The first-order chi connectivity index (χ1) is 18.5. The Kier molecular flexibility index (Phi) is 13.9. The minimum Gasteiger partial charge on any atom is -0.491 e.